The van der Waals surface area contributed by atoms with E-state index in [1.807, 2.05) is 54.7 Å². The van der Waals surface area contributed by atoms with Gasteiger partial charge in [-0.2, -0.15) is 0 Å². The molecule has 3 N–H and O–H groups in total. The van der Waals surface area contributed by atoms with Gasteiger partial charge in [0.25, 0.3) is 0 Å². The van der Waals surface area contributed by atoms with Crippen LogP contribution < -0.4 is 5.32 Å². The second kappa shape index (κ2) is 44.7. The summed E-state index contributed by atoms with van der Waals surface area (Å²) >= 11 is 0. The fraction of sp³-hybridized carbons (Fsp3) is 0.765. The van der Waals surface area contributed by atoms with Crippen molar-refractivity contribution in [3.05, 3.63) is 60.8 Å². The number of hydrogen-bond donors (Lipinski definition) is 3. The summed E-state index contributed by atoms with van der Waals surface area (Å²) in [5.74, 6) is -0.604. The summed E-state index contributed by atoms with van der Waals surface area (Å²) in [6.07, 6.45) is 54.5. The fourth-order valence-corrected chi connectivity index (χ4v) is 7.10. The molecule has 0 rings (SSSR count). The minimum absolute atomic E-state index is 0.0174. The van der Waals surface area contributed by atoms with Gasteiger partial charge < -0.3 is 20.3 Å². The van der Waals surface area contributed by atoms with E-state index in [0.717, 1.165) is 44.9 Å². The zero-order valence-corrected chi connectivity index (χ0v) is 37.5. The third-order valence-corrected chi connectivity index (χ3v) is 10.7. The molecule has 3 atom stereocenters. The summed E-state index contributed by atoms with van der Waals surface area (Å²) in [6, 6.07) is -0.737. The lowest BCUT2D eigenvalue weighted by Gasteiger charge is -2.24. The number of unbranched alkanes of at least 4 members (excludes halogenated alkanes) is 25. The molecule has 0 heterocycles. The molecule has 0 bridgehead atoms. The Kier molecular flexibility index (Phi) is 42.7. The molecule has 3 unspecified atom stereocenters. The molecule has 6 heteroatoms. The molecule has 0 spiro atoms. The third-order valence-electron chi connectivity index (χ3n) is 10.7. The first-order valence-corrected chi connectivity index (χ1v) is 24.1. The number of aliphatic hydroxyl groups is 2. The Morgan fingerprint density at radius 1 is 0.526 bits per heavy atom. The van der Waals surface area contributed by atoms with Gasteiger partial charge >= 0.3 is 5.97 Å². The van der Waals surface area contributed by atoms with Gasteiger partial charge in [0, 0.05) is 12.8 Å². The van der Waals surface area contributed by atoms with Gasteiger partial charge in [0.2, 0.25) is 5.91 Å². The van der Waals surface area contributed by atoms with E-state index >= 15 is 0 Å². The summed E-state index contributed by atoms with van der Waals surface area (Å²) in [5, 5.41) is 23.6. The van der Waals surface area contributed by atoms with Crippen LogP contribution in [0, 0.1) is 0 Å². The third kappa shape index (κ3) is 40.1. The van der Waals surface area contributed by atoms with Crippen LogP contribution in [0.3, 0.4) is 0 Å². The van der Waals surface area contributed by atoms with Crippen LogP contribution in [0.25, 0.3) is 0 Å². The van der Waals surface area contributed by atoms with E-state index in [9.17, 15) is 19.8 Å². The molecule has 6 nitrogen and oxygen atoms in total. The molecule has 0 aliphatic carbocycles. The molecule has 0 radical (unpaired) electrons. The standard InChI is InChI=1S/C51H91NO5/c1-4-7-10-13-16-19-22-24-25-26-29-32-35-38-41-44-51(56)57-47(42-39-36-33-30-27-21-18-15-12-9-6-3)45-50(55)52-48(46-53)49(54)43-40-37-34-31-28-23-20-17-14-11-8-5-2/h9,12,15,18,21,27,30,33,36,39,47-49,53-54H,4-8,10-11,13-14,16-17,19-20,22-26,28-29,31-32,34-35,37-38,40-46H2,1-3H3,(H,52,55)/b12-9+,18-15+,27-21-,33-30-,39-36+. The highest BCUT2D eigenvalue weighted by atomic mass is 16.5. The smallest absolute Gasteiger partial charge is 0.306 e. The highest BCUT2D eigenvalue weighted by Gasteiger charge is 2.23. The van der Waals surface area contributed by atoms with Gasteiger partial charge in [0.1, 0.15) is 6.10 Å². The van der Waals surface area contributed by atoms with E-state index in [1.54, 1.807) is 0 Å². The molecule has 0 aliphatic rings. The number of carbonyl (C=O) groups is 2. The first kappa shape index (κ1) is 54.6. The number of nitrogens with one attached hydrogen (secondary N) is 1. The Labute approximate surface area is 352 Å². The number of hydrogen-bond acceptors (Lipinski definition) is 5. The van der Waals surface area contributed by atoms with E-state index in [-0.39, 0.29) is 24.9 Å². The predicted molar refractivity (Wildman–Crippen MR) is 245 cm³/mol. The fourth-order valence-electron chi connectivity index (χ4n) is 7.10. The summed E-state index contributed by atoms with van der Waals surface area (Å²) in [5.41, 5.74) is 0. The van der Waals surface area contributed by atoms with Crippen LogP contribution in [0.4, 0.5) is 0 Å². The SMILES string of the molecule is CC/C=C/C=C/C=C\C=C/C=C/CC(CC(=O)NC(CO)C(O)CCCCCCCCCCCCCC)OC(=O)CCCCCCCCCCCCCCCCC. The molecule has 57 heavy (non-hydrogen) atoms. The average molecular weight is 798 g/mol. The molecular formula is C51H91NO5. The van der Waals surface area contributed by atoms with Gasteiger partial charge in [-0.1, -0.05) is 248 Å². The van der Waals surface area contributed by atoms with Gasteiger partial charge in [-0.05, 0) is 19.3 Å². The highest BCUT2D eigenvalue weighted by molar-refractivity contribution is 5.77. The van der Waals surface area contributed by atoms with E-state index in [2.05, 4.69) is 32.2 Å². The van der Waals surface area contributed by atoms with Gasteiger partial charge in [0.15, 0.2) is 0 Å². The van der Waals surface area contributed by atoms with Crippen molar-refractivity contribution >= 4 is 11.9 Å². The van der Waals surface area contributed by atoms with E-state index in [0.29, 0.717) is 19.3 Å². The average Bonchev–Trinajstić information content (AvgIpc) is 3.20. The lowest BCUT2D eigenvalue weighted by atomic mass is 10.0. The monoisotopic (exact) mass is 798 g/mol. The zero-order valence-electron chi connectivity index (χ0n) is 37.5. The van der Waals surface area contributed by atoms with Crippen molar-refractivity contribution in [2.45, 2.75) is 244 Å². The Balaban J connectivity index is 4.66. The van der Waals surface area contributed by atoms with Gasteiger partial charge in [-0.3, -0.25) is 9.59 Å². The largest absolute Gasteiger partial charge is 0.461 e. The lowest BCUT2D eigenvalue weighted by Crippen LogP contribution is -2.46. The normalized spacial score (nSPS) is 13.8. The second-order valence-electron chi connectivity index (χ2n) is 16.3. The summed E-state index contributed by atoms with van der Waals surface area (Å²) < 4.78 is 5.83. The Morgan fingerprint density at radius 3 is 1.33 bits per heavy atom. The van der Waals surface area contributed by atoms with Crippen LogP contribution in [0.1, 0.15) is 226 Å². The molecule has 0 aromatic heterocycles. The number of aliphatic hydroxyl groups excluding tert-OH is 2. The molecule has 0 aliphatic heterocycles. The molecule has 0 saturated carbocycles. The maximum atomic E-state index is 13.1. The van der Waals surface area contributed by atoms with Crippen molar-refractivity contribution in [3.8, 4) is 0 Å². The van der Waals surface area contributed by atoms with E-state index in [4.69, 9.17) is 4.74 Å². The van der Waals surface area contributed by atoms with Crippen LogP contribution in [0.15, 0.2) is 60.8 Å². The molecular weight excluding hydrogens is 707 g/mol. The molecule has 330 valence electrons. The summed E-state index contributed by atoms with van der Waals surface area (Å²) in [7, 11) is 0. The Bertz CT molecular complexity index is 1030. The van der Waals surface area contributed by atoms with Gasteiger partial charge in [-0.25, -0.2) is 0 Å². The quantitative estimate of drug-likeness (QED) is 0.0325. The van der Waals surface area contributed by atoms with Crippen molar-refractivity contribution in [2.75, 3.05) is 6.61 Å². The number of amides is 1. The van der Waals surface area contributed by atoms with Gasteiger partial charge in [-0.15, -0.1) is 0 Å². The lowest BCUT2D eigenvalue weighted by molar-refractivity contribution is -0.150. The molecule has 0 fully saturated rings. The van der Waals surface area contributed by atoms with Crippen LogP contribution >= 0.6 is 0 Å². The summed E-state index contributed by atoms with van der Waals surface area (Å²) in [6.45, 7) is 6.29. The maximum absolute atomic E-state index is 13.1. The highest BCUT2D eigenvalue weighted by Crippen LogP contribution is 2.17. The molecule has 1 amide bonds. The number of ether oxygens (including phenoxy) is 1. The van der Waals surface area contributed by atoms with Crippen LogP contribution in [-0.4, -0.2) is 46.9 Å². The first-order valence-electron chi connectivity index (χ1n) is 24.1. The Morgan fingerprint density at radius 2 is 0.912 bits per heavy atom. The summed E-state index contributed by atoms with van der Waals surface area (Å²) in [4.78, 5) is 26.0. The minimum atomic E-state index is -0.816. The van der Waals surface area contributed by atoms with E-state index in [1.165, 1.54) is 135 Å². The van der Waals surface area contributed by atoms with Gasteiger partial charge in [0.05, 0.1) is 25.2 Å². The first-order chi connectivity index (χ1) is 28.0. The number of esters is 1. The zero-order chi connectivity index (χ0) is 41.7. The maximum Gasteiger partial charge on any atom is 0.306 e. The van der Waals surface area contributed by atoms with Crippen molar-refractivity contribution in [1.29, 1.82) is 0 Å². The van der Waals surface area contributed by atoms with Crippen molar-refractivity contribution in [1.82, 2.24) is 5.32 Å². The van der Waals surface area contributed by atoms with Crippen LogP contribution in [-0.2, 0) is 14.3 Å². The molecule has 0 saturated heterocycles. The van der Waals surface area contributed by atoms with E-state index < -0.39 is 18.2 Å². The number of rotatable bonds is 42. The number of allylic oxidation sites excluding steroid dienone is 9. The predicted octanol–water partition coefficient (Wildman–Crippen LogP) is 14.1. The molecule has 0 aromatic rings. The van der Waals surface area contributed by atoms with Crippen molar-refractivity contribution < 1.29 is 24.5 Å². The molecule has 0 aromatic carbocycles. The minimum Gasteiger partial charge on any atom is -0.461 e. The van der Waals surface area contributed by atoms with Crippen molar-refractivity contribution in [3.63, 3.8) is 0 Å². The number of carbonyl (C=O) groups excluding carboxylic acids is 2. The van der Waals surface area contributed by atoms with Crippen molar-refractivity contribution in [2.24, 2.45) is 0 Å². The Hall–Kier alpha value is -2.44. The topological polar surface area (TPSA) is 95.9 Å². The van der Waals surface area contributed by atoms with Crippen LogP contribution in [0.5, 0.6) is 0 Å². The second-order valence-corrected chi connectivity index (χ2v) is 16.3. The van der Waals surface area contributed by atoms with Crippen LogP contribution in [0.2, 0.25) is 0 Å².